The number of amides is 1. The van der Waals surface area contributed by atoms with Crippen LogP contribution in [0.4, 0.5) is 0 Å². The van der Waals surface area contributed by atoms with Gasteiger partial charge in [0.05, 0.1) is 6.54 Å². The fraction of sp³-hybridized carbons (Fsp3) is 0.333. The number of carbonyl (C=O) groups excluding carboxylic acids is 1. The molecule has 0 spiro atoms. The smallest absolute Gasteiger partial charge is 0.275 e. The molecule has 1 amide bonds. The topological polar surface area (TPSA) is 61.0 Å². The third-order valence-corrected chi connectivity index (χ3v) is 5.94. The maximum absolute atomic E-state index is 13.3. The molecule has 0 fully saturated rings. The molecule has 140 valence electrons. The molecular formula is C21H24N4OS. The van der Waals surface area contributed by atoms with Gasteiger partial charge in [0.2, 0.25) is 0 Å². The zero-order valence-corrected chi connectivity index (χ0v) is 16.3. The highest BCUT2D eigenvalue weighted by Crippen LogP contribution is 2.21. The Balaban J connectivity index is 1.56. The number of hydrogen-bond acceptors (Lipinski definition) is 4. The zero-order chi connectivity index (χ0) is 18.6. The largest absolute Gasteiger partial charge is 0.332 e. The third-order valence-electron chi connectivity index (χ3n) is 4.95. The van der Waals surface area contributed by atoms with Gasteiger partial charge >= 0.3 is 0 Å². The lowest BCUT2D eigenvalue weighted by molar-refractivity contribution is 0.0739. The van der Waals surface area contributed by atoms with Gasteiger partial charge in [0.25, 0.3) is 5.91 Å². The molecule has 4 rings (SSSR count). The van der Waals surface area contributed by atoms with Crippen molar-refractivity contribution in [3.8, 4) is 0 Å². The zero-order valence-electron chi connectivity index (χ0n) is 15.5. The Morgan fingerprint density at radius 1 is 1.22 bits per heavy atom. The van der Waals surface area contributed by atoms with Crippen LogP contribution in [0.15, 0.2) is 42.5 Å². The van der Waals surface area contributed by atoms with Gasteiger partial charge in [0.15, 0.2) is 5.69 Å². The number of benzene rings is 1. The first-order valence-corrected chi connectivity index (χ1v) is 10.2. The van der Waals surface area contributed by atoms with Gasteiger partial charge in [-0.1, -0.05) is 30.3 Å². The van der Waals surface area contributed by atoms with Crippen LogP contribution in [0, 0.1) is 6.92 Å². The predicted octanol–water partition coefficient (Wildman–Crippen LogP) is 3.31. The van der Waals surface area contributed by atoms with E-state index in [-0.39, 0.29) is 5.91 Å². The minimum Gasteiger partial charge on any atom is -0.332 e. The second-order valence-electron chi connectivity index (χ2n) is 6.93. The second kappa shape index (κ2) is 8.06. The summed E-state index contributed by atoms with van der Waals surface area (Å²) in [6.07, 6.45) is 1.73. The van der Waals surface area contributed by atoms with Crippen molar-refractivity contribution in [3.63, 3.8) is 0 Å². The van der Waals surface area contributed by atoms with Gasteiger partial charge in [-0.3, -0.25) is 9.89 Å². The van der Waals surface area contributed by atoms with Crippen molar-refractivity contribution >= 4 is 17.2 Å². The standard InChI is InChI=1S/C21H24N4OS/c1-15-7-8-17(27-15)14-25(12-10-16-5-3-2-4-6-16)21(26)20-18-13-22-11-9-19(18)23-24-20/h2-8,22H,9-14H2,1H3,(H,23,24). The van der Waals surface area contributed by atoms with Crippen molar-refractivity contribution in [2.45, 2.75) is 32.9 Å². The van der Waals surface area contributed by atoms with E-state index in [0.717, 1.165) is 30.6 Å². The van der Waals surface area contributed by atoms with E-state index in [2.05, 4.69) is 46.7 Å². The van der Waals surface area contributed by atoms with Crippen LogP contribution in [0.3, 0.4) is 0 Å². The summed E-state index contributed by atoms with van der Waals surface area (Å²) < 4.78 is 0. The normalized spacial score (nSPS) is 13.4. The molecule has 2 N–H and O–H groups in total. The molecule has 0 bridgehead atoms. The Morgan fingerprint density at radius 2 is 2.07 bits per heavy atom. The van der Waals surface area contributed by atoms with Crippen LogP contribution in [0.25, 0.3) is 0 Å². The van der Waals surface area contributed by atoms with Gasteiger partial charge in [-0.15, -0.1) is 11.3 Å². The quantitative estimate of drug-likeness (QED) is 0.690. The predicted molar refractivity (Wildman–Crippen MR) is 108 cm³/mol. The van der Waals surface area contributed by atoms with Crippen molar-refractivity contribution in [1.82, 2.24) is 20.4 Å². The summed E-state index contributed by atoms with van der Waals surface area (Å²) >= 11 is 1.75. The van der Waals surface area contributed by atoms with Crippen molar-refractivity contribution in [3.05, 3.63) is 74.7 Å². The molecule has 0 saturated carbocycles. The van der Waals surface area contributed by atoms with Crippen LogP contribution in [-0.4, -0.2) is 34.1 Å². The fourth-order valence-corrected chi connectivity index (χ4v) is 4.38. The molecule has 0 unspecified atom stereocenters. The number of hydrogen-bond donors (Lipinski definition) is 2. The number of H-pyrrole nitrogens is 1. The SMILES string of the molecule is Cc1ccc(CN(CCc2ccccc2)C(=O)c2n[nH]c3c2CNCC3)s1. The highest BCUT2D eigenvalue weighted by molar-refractivity contribution is 7.11. The number of fused-ring (bicyclic) bond motifs is 1. The average molecular weight is 381 g/mol. The van der Waals surface area contributed by atoms with E-state index in [4.69, 9.17) is 0 Å². The molecule has 27 heavy (non-hydrogen) atoms. The Labute approximate surface area is 163 Å². The molecule has 1 aliphatic rings. The van der Waals surface area contributed by atoms with Crippen molar-refractivity contribution in [1.29, 1.82) is 0 Å². The van der Waals surface area contributed by atoms with Gasteiger partial charge < -0.3 is 10.2 Å². The molecule has 5 nitrogen and oxygen atoms in total. The van der Waals surface area contributed by atoms with Crippen molar-refractivity contribution < 1.29 is 4.79 Å². The van der Waals surface area contributed by atoms with Gasteiger partial charge in [-0.05, 0) is 31.0 Å². The number of aromatic nitrogens is 2. The summed E-state index contributed by atoms with van der Waals surface area (Å²) in [6.45, 7) is 5.03. The number of carbonyl (C=O) groups is 1. The number of thiophene rings is 1. The van der Waals surface area contributed by atoms with Crippen molar-refractivity contribution in [2.75, 3.05) is 13.1 Å². The highest BCUT2D eigenvalue weighted by atomic mass is 32.1. The van der Waals surface area contributed by atoms with Crippen LogP contribution < -0.4 is 5.32 Å². The molecule has 3 aromatic rings. The van der Waals surface area contributed by atoms with Gasteiger partial charge in [-0.25, -0.2) is 0 Å². The average Bonchev–Trinajstić information content (AvgIpc) is 3.31. The Bertz CT molecular complexity index is 915. The molecule has 6 heteroatoms. The lowest BCUT2D eigenvalue weighted by atomic mass is 10.1. The van der Waals surface area contributed by atoms with Crippen LogP contribution in [0.1, 0.15) is 37.1 Å². The summed E-state index contributed by atoms with van der Waals surface area (Å²) in [6, 6.07) is 14.5. The first-order valence-electron chi connectivity index (χ1n) is 9.36. The van der Waals surface area contributed by atoms with E-state index in [1.807, 2.05) is 23.1 Å². The summed E-state index contributed by atoms with van der Waals surface area (Å²) in [7, 11) is 0. The van der Waals surface area contributed by atoms with E-state index >= 15 is 0 Å². The molecule has 0 atom stereocenters. The molecule has 0 aliphatic carbocycles. The highest BCUT2D eigenvalue weighted by Gasteiger charge is 2.26. The molecule has 3 heterocycles. The number of aryl methyl sites for hydroxylation is 1. The first-order chi connectivity index (χ1) is 13.2. The Hall–Kier alpha value is -2.44. The van der Waals surface area contributed by atoms with E-state index in [1.165, 1.54) is 15.3 Å². The summed E-state index contributed by atoms with van der Waals surface area (Å²) in [5.41, 5.74) is 3.92. The molecule has 1 aromatic carbocycles. The number of rotatable bonds is 6. The lowest BCUT2D eigenvalue weighted by Crippen LogP contribution is -2.34. The molecular weight excluding hydrogens is 356 g/mol. The number of nitrogens with one attached hydrogen (secondary N) is 2. The molecule has 2 aromatic heterocycles. The van der Waals surface area contributed by atoms with E-state index in [1.54, 1.807) is 11.3 Å². The lowest BCUT2D eigenvalue weighted by Gasteiger charge is -2.22. The van der Waals surface area contributed by atoms with Crippen LogP contribution in [0.5, 0.6) is 0 Å². The summed E-state index contributed by atoms with van der Waals surface area (Å²) in [5, 5.41) is 10.8. The minimum absolute atomic E-state index is 0.0122. The second-order valence-corrected chi connectivity index (χ2v) is 8.30. The minimum atomic E-state index is 0.0122. The van der Waals surface area contributed by atoms with E-state index < -0.39 is 0 Å². The van der Waals surface area contributed by atoms with Gasteiger partial charge in [0, 0.05) is 47.1 Å². The van der Waals surface area contributed by atoms with E-state index in [0.29, 0.717) is 25.3 Å². The Morgan fingerprint density at radius 3 is 2.85 bits per heavy atom. The fourth-order valence-electron chi connectivity index (χ4n) is 3.47. The monoisotopic (exact) mass is 380 g/mol. The van der Waals surface area contributed by atoms with Gasteiger partial charge in [-0.2, -0.15) is 5.10 Å². The maximum Gasteiger partial charge on any atom is 0.275 e. The van der Waals surface area contributed by atoms with Crippen LogP contribution in [0.2, 0.25) is 0 Å². The van der Waals surface area contributed by atoms with Crippen LogP contribution in [-0.2, 0) is 25.9 Å². The van der Waals surface area contributed by atoms with Crippen LogP contribution >= 0.6 is 11.3 Å². The molecule has 0 radical (unpaired) electrons. The molecule has 1 aliphatic heterocycles. The van der Waals surface area contributed by atoms with Gasteiger partial charge in [0.1, 0.15) is 0 Å². The maximum atomic E-state index is 13.3. The Kier molecular flexibility index (Phi) is 5.36. The first kappa shape index (κ1) is 17.9. The van der Waals surface area contributed by atoms with Crippen molar-refractivity contribution in [2.24, 2.45) is 0 Å². The number of aromatic amines is 1. The number of nitrogens with zero attached hydrogens (tertiary/aromatic N) is 2. The molecule has 0 saturated heterocycles. The van der Waals surface area contributed by atoms with E-state index in [9.17, 15) is 4.79 Å². The third kappa shape index (κ3) is 4.12. The summed E-state index contributed by atoms with van der Waals surface area (Å²) in [5.74, 6) is 0.0122. The summed E-state index contributed by atoms with van der Waals surface area (Å²) in [4.78, 5) is 17.7.